The van der Waals surface area contributed by atoms with Crippen LogP contribution in [-0.4, -0.2) is 10.2 Å². The van der Waals surface area contributed by atoms with Crippen molar-refractivity contribution in [1.82, 2.24) is 0 Å². The van der Waals surface area contributed by atoms with Gasteiger partial charge in [-0.05, 0) is 29.0 Å². The van der Waals surface area contributed by atoms with E-state index in [0.29, 0.717) is 11.5 Å². The van der Waals surface area contributed by atoms with Crippen molar-refractivity contribution in [3.8, 4) is 11.5 Å². The number of halogens is 1. The molecule has 0 fully saturated rings. The summed E-state index contributed by atoms with van der Waals surface area (Å²) in [5, 5.41) is 22.8. The van der Waals surface area contributed by atoms with Crippen LogP contribution in [-0.2, 0) is 0 Å². The molecule has 2 N–H and O–H groups in total. The average Bonchev–Trinajstić information content (AvgIpc) is 2.60. The van der Waals surface area contributed by atoms with E-state index in [1.165, 1.54) is 0 Å². The topological polar surface area (TPSA) is 40.5 Å². The molecule has 0 saturated carbocycles. The van der Waals surface area contributed by atoms with E-state index in [4.69, 9.17) is 0 Å². The van der Waals surface area contributed by atoms with Gasteiger partial charge in [-0.2, -0.15) is 0 Å². The standard InChI is InChI=1S/C10H7BrO.C10H8O/c11-9-5-6-10(12)8-4-2-1-3-7(8)9;11-10-7-3-5-8-4-1-2-6-9(8)10/h1-6,12H;1-7,11H. The Labute approximate surface area is 142 Å². The molecule has 4 rings (SSSR count). The molecule has 4 aromatic rings. The van der Waals surface area contributed by atoms with Crippen LogP contribution >= 0.6 is 15.9 Å². The summed E-state index contributed by atoms with van der Waals surface area (Å²) < 4.78 is 1.01. The van der Waals surface area contributed by atoms with Gasteiger partial charge < -0.3 is 10.2 Å². The van der Waals surface area contributed by atoms with Crippen molar-refractivity contribution in [3.63, 3.8) is 0 Å². The molecule has 0 atom stereocenters. The molecule has 0 aliphatic heterocycles. The third-order valence-electron chi connectivity index (χ3n) is 3.61. The maximum absolute atomic E-state index is 9.47. The van der Waals surface area contributed by atoms with Crippen molar-refractivity contribution in [2.24, 2.45) is 0 Å². The summed E-state index contributed by atoms with van der Waals surface area (Å²) in [4.78, 5) is 0. The highest BCUT2D eigenvalue weighted by Gasteiger charge is 2.00. The average molecular weight is 367 g/mol. The first-order chi connectivity index (χ1) is 11.2. The van der Waals surface area contributed by atoms with Crippen LogP contribution in [0.5, 0.6) is 11.5 Å². The van der Waals surface area contributed by atoms with Crippen molar-refractivity contribution in [3.05, 3.63) is 83.3 Å². The molecule has 0 spiro atoms. The van der Waals surface area contributed by atoms with Crippen molar-refractivity contribution in [2.45, 2.75) is 0 Å². The third-order valence-corrected chi connectivity index (χ3v) is 4.31. The Kier molecular flexibility index (Phi) is 4.49. The van der Waals surface area contributed by atoms with Gasteiger partial charge in [0.25, 0.3) is 0 Å². The van der Waals surface area contributed by atoms with E-state index in [1.54, 1.807) is 12.1 Å². The molecular weight excluding hydrogens is 352 g/mol. The zero-order valence-electron chi connectivity index (χ0n) is 12.3. The second-order valence-corrected chi connectivity index (χ2v) is 5.96. The first-order valence-electron chi connectivity index (χ1n) is 7.20. The minimum atomic E-state index is 0.328. The molecule has 0 aliphatic rings. The van der Waals surface area contributed by atoms with Crippen molar-refractivity contribution >= 4 is 37.5 Å². The largest absolute Gasteiger partial charge is 0.507 e. The zero-order chi connectivity index (χ0) is 16.2. The lowest BCUT2D eigenvalue weighted by atomic mass is 10.1. The molecule has 0 heterocycles. The summed E-state index contributed by atoms with van der Waals surface area (Å²) in [5.41, 5.74) is 0. The molecule has 114 valence electrons. The number of hydrogen-bond acceptors (Lipinski definition) is 2. The van der Waals surface area contributed by atoms with E-state index in [2.05, 4.69) is 15.9 Å². The van der Waals surface area contributed by atoms with Crippen LogP contribution in [0.15, 0.2) is 83.3 Å². The Morgan fingerprint density at radius 1 is 0.522 bits per heavy atom. The molecule has 4 aromatic carbocycles. The number of aromatic hydroxyl groups is 2. The van der Waals surface area contributed by atoms with Gasteiger partial charge in [0.1, 0.15) is 11.5 Å². The van der Waals surface area contributed by atoms with Gasteiger partial charge in [-0.1, -0.05) is 76.6 Å². The van der Waals surface area contributed by atoms with Crippen molar-refractivity contribution in [2.75, 3.05) is 0 Å². The Morgan fingerprint density at radius 3 is 1.78 bits per heavy atom. The smallest absolute Gasteiger partial charge is 0.123 e. The molecule has 0 unspecified atom stereocenters. The third kappa shape index (κ3) is 3.30. The fourth-order valence-electron chi connectivity index (χ4n) is 2.45. The van der Waals surface area contributed by atoms with Gasteiger partial charge in [-0.3, -0.25) is 0 Å². The van der Waals surface area contributed by atoms with E-state index in [0.717, 1.165) is 26.0 Å². The summed E-state index contributed by atoms with van der Waals surface area (Å²) >= 11 is 3.42. The Morgan fingerprint density at radius 2 is 1.09 bits per heavy atom. The summed E-state index contributed by atoms with van der Waals surface area (Å²) in [7, 11) is 0. The lowest BCUT2D eigenvalue weighted by Gasteiger charge is -2.01. The minimum absolute atomic E-state index is 0.328. The van der Waals surface area contributed by atoms with Crippen LogP contribution in [0.1, 0.15) is 0 Å². The van der Waals surface area contributed by atoms with E-state index >= 15 is 0 Å². The summed E-state index contributed by atoms with van der Waals surface area (Å²) in [6.07, 6.45) is 0. The number of benzene rings is 4. The summed E-state index contributed by atoms with van der Waals surface area (Å²) in [6, 6.07) is 24.6. The number of phenols is 2. The summed E-state index contributed by atoms with van der Waals surface area (Å²) in [6.45, 7) is 0. The van der Waals surface area contributed by atoms with Gasteiger partial charge in [0.05, 0.1) is 0 Å². The highest BCUT2D eigenvalue weighted by molar-refractivity contribution is 9.10. The van der Waals surface area contributed by atoms with E-state index in [9.17, 15) is 10.2 Å². The normalized spacial score (nSPS) is 10.3. The number of rotatable bonds is 0. The zero-order valence-corrected chi connectivity index (χ0v) is 13.9. The second kappa shape index (κ2) is 6.71. The highest BCUT2D eigenvalue weighted by atomic mass is 79.9. The van der Waals surface area contributed by atoms with Crippen LogP contribution < -0.4 is 0 Å². The van der Waals surface area contributed by atoms with Crippen LogP contribution in [0.4, 0.5) is 0 Å². The van der Waals surface area contributed by atoms with E-state index in [-0.39, 0.29) is 0 Å². The number of phenolic OH excluding ortho intramolecular Hbond substituents is 2. The summed E-state index contributed by atoms with van der Waals surface area (Å²) in [5.74, 6) is 0.678. The van der Waals surface area contributed by atoms with Gasteiger partial charge in [0.2, 0.25) is 0 Å². The van der Waals surface area contributed by atoms with Gasteiger partial charge in [0.15, 0.2) is 0 Å². The van der Waals surface area contributed by atoms with Crippen LogP contribution in [0, 0.1) is 0 Å². The predicted molar refractivity (Wildman–Crippen MR) is 98.9 cm³/mol. The van der Waals surface area contributed by atoms with E-state index < -0.39 is 0 Å². The van der Waals surface area contributed by atoms with Gasteiger partial charge in [0, 0.05) is 15.2 Å². The molecule has 2 nitrogen and oxygen atoms in total. The van der Waals surface area contributed by atoms with Gasteiger partial charge in [-0.15, -0.1) is 0 Å². The molecule has 0 aliphatic carbocycles. The van der Waals surface area contributed by atoms with Gasteiger partial charge >= 0.3 is 0 Å². The lowest BCUT2D eigenvalue weighted by Crippen LogP contribution is -1.74. The van der Waals surface area contributed by atoms with Crippen LogP contribution in [0.2, 0.25) is 0 Å². The Bertz CT molecular complexity index is 918. The van der Waals surface area contributed by atoms with Crippen molar-refractivity contribution < 1.29 is 10.2 Å². The first kappa shape index (κ1) is 15.4. The van der Waals surface area contributed by atoms with E-state index in [1.807, 2.05) is 66.7 Å². The van der Waals surface area contributed by atoms with Crippen LogP contribution in [0.3, 0.4) is 0 Å². The van der Waals surface area contributed by atoms with Crippen LogP contribution in [0.25, 0.3) is 21.5 Å². The fourth-order valence-corrected chi connectivity index (χ4v) is 2.93. The maximum Gasteiger partial charge on any atom is 0.123 e. The number of fused-ring (bicyclic) bond motifs is 2. The Balaban J connectivity index is 0.000000136. The molecule has 0 radical (unpaired) electrons. The molecule has 0 bridgehead atoms. The number of hydrogen-bond donors (Lipinski definition) is 2. The highest BCUT2D eigenvalue weighted by Crippen LogP contribution is 2.30. The molecule has 3 heteroatoms. The first-order valence-corrected chi connectivity index (χ1v) is 7.99. The quantitative estimate of drug-likeness (QED) is 0.409. The predicted octanol–water partition coefficient (Wildman–Crippen LogP) is 5.85. The SMILES string of the molecule is Oc1ccc(Br)c2ccccc12.Oc1cccc2ccccc12. The molecular formula is C20H15BrO2. The van der Waals surface area contributed by atoms with Crippen molar-refractivity contribution in [1.29, 1.82) is 0 Å². The lowest BCUT2D eigenvalue weighted by molar-refractivity contribution is 0.481. The second-order valence-electron chi connectivity index (χ2n) is 5.11. The monoisotopic (exact) mass is 366 g/mol. The fraction of sp³-hybridized carbons (Fsp3) is 0. The molecule has 0 amide bonds. The minimum Gasteiger partial charge on any atom is -0.507 e. The molecule has 0 saturated heterocycles. The Hall–Kier alpha value is -2.52. The molecule has 23 heavy (non-hydrogen) atoms. The molecule has 0 aromatic heterocycles. The van der Waals surface area contributed by atoms with Gasteiger partial charge in [-0.25, -0.2) is 0 Å². The maximum atomic E-state index is 9.47.